The van der Waals surface area contributed by atoms with Crippen LogP contribution >= 0.6 is 23.8 Å². The van der Waals surface area contributed by atoms with Crippen LogP contribution in [0, 0.1) is 6.92 Å². The molecule has 0 aliphatic heterocycles. The van der Waals surface area contributed by atoms with Crippen molar-refractivity contribution in [2.24, 2.45) is 5.73 Å². The van der Waals surface area contributed by atoms with Gasteiger partial charge in [0.15, 0.2) is 0 Å². The number of allylic oxidation sites excluding steroid dienone is 1. The molecule has 2 N–H and O–H groups in total. The summed E-state index contributed by atoms with van der Waals surface area (Å²) in [6.45, 7) is 6.34. The Kier molecular flexibility index (Phi) is 5.27. The lowest BCUT2D eigenvalue weighted by Crippen LogP contribution is -2.10. The molecule has 2 rings (SSSR count). The highest BCUT2D eigenvalue weighted by Crippen LogP contribution is 2.34. The van der Waals surface area contributed by atoms with Gasteiger partial charge >= 0.3 is 0 Å². The number of halogens is 1. The monoisotopic (exact) mass is 335 g/mol. The predicted octanol–water partition coefficient (Wildman–Crippen LogP) is 4.89. The van der Waals surface area contributed by atoms with Crippen LogP contribution in [0.15, 0.2) is 40.5 Å². The van der Waals surface area contributed by atoms with Crippen LogP contribution in [0.1, 0.15) is 25.2 Å². The number of hydrogen-bond donors (Lipinski definition) is 1. The van der Waals surface area contributed by atoms with E-state index in [0.29, 0.717) is 28.1 Å². The Morgan fingerprint density at radius 3 is 2.77 bits per heavy atom. The van der Waals surface area contributed by atoms with E-state index in [2.05, 4.69) is 0 Å². The molecule has 0 bridgehead atoms. The first-order chi connectivity index (χ1) is 10.4. The van der Waals surface area contributed by atoms with Crippen molar-refractivity contribution in [1.29, 1.82) is 0 Å². The Bertz CT molecular complexity index is 730. The minimum atomic E-state index is 0.309. The van der Waals surface area contributed by atoms with Crippen LogP contribution in [0.5, 0.6) is 5.75 Å². The quantitative estimate of drug-likeness (QED) is 0.624. The molecule has 0 saturated carbocycles. The average Bonchev–Trinajstić information content (AvgIpc) is 2.82. The van der Waals surface area contributed by atoms with Crippen molar-refractivity contribution in [2.45, 2.75) is 20.8 Å². The summed E-state index contributed by atoms with van der Waals surface area (Å²) in [6, 6.07) is 5.55. The highest BCUT2D eigenvalue weighted by molar-refractivity contribution is 7.80. The van der Waals surface area contributed by atoms with Gasteiger partial charge in [-0.25, -0.2) is 0 Å². The van der Waals surface area contributed by atoms with Crippen molar-refractivity contribution in [1.82, 2.24) is 0 Å². The molecule has 0 atom stereocenters. The van der Waals surface area contributed by atoms with Gasteiger partial charge in [0, 0.05) is 5.56 Å². The first-order valence-electron chi connectivity index (χ1n) is 6.84. The number of furan rings is 1. The van der Waals surface area contributed by atoms with E-state index in [0.717, 1.165) is 16.7 Å². The molecule has 22 heavy (non-hydrogen) atoms. The van der Waals surface area contributed by atoms with Crippen LogP contribution in [-0.4, -0.2) is 11.6 Å². The number of nitrogens with two attached hydrogens (primary N) is 1. The number of aryl methyl sites for hydroxylation is 1. The second kappa shape index (κ2) is 6.99. The number of ether oxygens (including phenoxy) is 1. The molecule has 0 amide bonds. The van der Waals surface area contributed by atoms with E-state index in [1.165, 1.54) is 5.57 Å². The van der Waals surface area contributed by atoms with Crippen LogP contribution in [0.25, 0.3) is 11.1 Å². The highest BCUT2D eigenvalue weighted by Gasteiger charge is 2.16. The van der Waals surface area contributed by atoms with Crippen molar-refractivity contribution in [3.63, 3.8) is 0 Å². The lowest BCUT2D eigenvalue weighted by atomic mass is 10.0. The third-order valence-electron chi connectivity index (χ3n) is 3.19. The second-order valence-corrected chi connectivity index (χ2v) is 6.03. The SMILES string of the molecule is CC(C)=CCOc1cc(-c2coc(C)c2C(N)=S)ccc1Cl. The highest BCUT2D eigenvalue weighted by atomic mass is 35.5. The molecule has 0 radical (unpaired) electrons. The fourth-order valence-corrected chi connectivity index (χ4v) is 2.48. The Morgan fingerprint density at radius 2 is 2.14 bits per heavy atom. The normalized spacial score (nSPS) is 10.4. The van der Waals surface area contributed by atoms with Crippen LogP contribution in [0.3, 0.4) is 0 Å². The van der Waals surface area contributed by atoms with Crippen LogP contribution in [-0.2, 0) is 0 Å². The van der Waals surface area contributed by atoms with Gasteiger partial charge in [0.05, 0.1) is 16.8 Å². The topological polar surface area (TPSA) is 48.4 Å². The summed E-state index contributed by atoms with van der Waals surface area (Å²) < 4.78 is 11.2. The van der Waals surface area contributed by atoms with E-state index >= 15 is 0 Å². The fourth-order valence-electron chi connectivity index (χ4n) is 2.05. The number of hydrogen-bond acceptors (Lipinski definition) is 3. The summed E-state index contributed by atoms with van der Waals surface area (Å²) in [7, 11) is 0. The summed E-state index contributed by atoms with van der Waals surface area (Å²) in [5, 5.41) is 0.558. The Labute approximate surface area is 140 Å². The van der Waals surface area contributed by atoms with Gasteiger partial charge < -0.3 is 14.9 Å². The Balaban J connectivity index is 2.37. The molecule has 3 nitrogen and oxygen atoms in total. The van der Waals surface area contributed by atoms with Crippen molar-refractivity contribution >= 4 is 28.8 Å². The largest absolute Gasteiger partial charge is 0.488 e. The van der Waals surface area contributed by atoms with Gasteiger partial charge in [-0.2, -0.15) is 0 Å². The number of rotatable bonds is 5. The van der Waals surface area contributed by atoms with E-state index in [1.807, 2.05) is 39.0 Å². The van der Waals surface area contributed by atoms with Gasteiger partial charge in [0.2, 0.25) is 0 Å². The molecule has 1 aromatic heterocycles. The molecule has 1 heterocycles. The maximum absolute atomic E-state index is 6.19. The number of benzene rings is 1. The molecule has 0 fully saturated rings. The van der Waals surface area contributed by atoms with Crippen LogP contribution < -0.4 is 10.5 Å². The van der Waals surface area contributed by atoms with Gasteiger partial charge in [0.25, 0.3) is 0 Å². The minimum absolute atomic E-state index is 0.309. The first-order valence-corrected chi connectivity index (χ1v) is 7.62. The summed E-state index contributed by atoms with van der Waals surface area (Å²) in [5.74, 6) is 1.31. The van der Waals surface area contributed by atoms with Gasteiger partial charge in [-0.05, 0) is 44.5 Å². The lowest BCUT2D eigenvalue weighted by Gasteiger charge is -2.09. The molecule has 0 unspecified atom stereocenters. The third kappa shape index (κ3) is 3.70. The molecular formula is C17H18ClNO2S. The molecule has 116 valence electrons. The third-order valence-corrected chi connectivity index (χ3v) is 3.71. The molecule has 0 spiro atoms. The maximum atomic E-state index is 6.19. The summed E-state index contributed by atoms with van der Waals surface area (Å²) >= 11 is 11.3. The van der Waals surface area contributed by atoms with E-state index in [9.17, 15) is 0 Å². The summed E-state index contributed by atoms with van der Waals surface area (Å²) in [4.78, 5) is 0.309. The molecule has 5 heteroatoms. The fraction of sp³-hybridized carbons (Fsp3) is 0.235. The van der Waals surface area contributed by atoms with E-state index in [1.54, 1.807) is 12.3 Å². The zero-order valence-corrected chi connectivity index (χ0v) is 14.3. The van der Waals surface area contributed by atoms with Crippen molar-refractivity contribution < 1.29 is 9.15 Å². The Morgan fingerprint density at radius 1 is 1.41 bits per heavy atom. The van der Waals surface area contributed by atoms with Gasteiger partial charge in [0.1, 0.15) is 23.1 Å². The maximum Gasteiger partial charge on any atom is 0.138 e. The zero-order valence-electron chi connectivity index (χ0n) is 12.8. The minimum Gasteiger partial charge on any atom is -0.488 e. The average molecular weight is 336 g/mol. The van der Waals surface area contributed by atoms with E-state index < -0.39 is 0 Å². The van der Waals surface area contributed by atoms with Crippen LogP contribution in [0.2, 0.25) is 5.02 Å². The molecule has 2 aromatic rings. The molecule has 0 aliphatic carbocycles. The van der Waals surface area contributed by atoms with Gasteiger partial charge in [-0.15, -0.1) is 0 Å². The zero-order chi connectivity index (χ0) is 16.3. The smallest absolute Gasteiger partial charge is 0.138 e. The number of thiocarbonyl (C=S) groups is 1. The van der Waals surface area contributed by atoms with Gasteiger partial charge in [-0.1, -0.05) is 35.5 Å². The van der Waals surface area contributed by atoms with Crippen molar-refractivity contribution in [2.75, 3.05) is 6.61 Å². The van der Waals surface area contributed by atoms with Gasteiger partial charge in [-0.3, -0.25) is 0 Å². The van der Waals surface area contributed by atoms with E-state index in [-0.39, 0.29) is 0 Å². The lowest BCUT2D eigenvalue weighted by molar-refractivity contribution is 0.362. The summed E-state index contributed by atoms with van der Waals surface area (Å²) in [5.41, 5.74) is 9.46. The van der Waals surface area contributed by atoms with E-state index in [4.69, 9.17) is 38.7 Å². The van der Waals surface area contributed by atoms with Crippen molar-refractivity contribution in [3.8, 4) is 16.9 Å². The predicted molar refractivity (Wildman–Crippen MR) is 94.7 cm³/mol. The standard InChI is InChI=1S/C17H18ClNO2S/c1-10(2)6-7-20-15-8-12(4-5-14(15)18)13-9-21-11(3)16(13)17(19)22/h4-6,8-9H,7H2,1-3H3,(H2,19,22). The second-order valence-electron chi connectivity index (χ2n) is 5.18. The van der Waals surface area contributed by atoms with Crippen LogP contribution in [0.4, 0.5) is 0 Å². The molecule has 1 aromatic carbocycles. The molecule has 0 aliphatic rings. The Hall–Kier alpha value is -1.78. The van der Waals surface area contributed by atoms with Crippen molar-refractivity contribution in [3.05, 3.63) is 52.5 Å². The first kappa shape index (κ1) is 16.6. The molecule has 0 saturated heterocycles. The summed E-state index contributed by atoms with van der Waals surface area (Å²) in [6.07, 6.45) is 3.64. The molecular weight excluding hydrogens is 318 g/mol.